The molecule has 1 N–H and O–H groups in total. The minimum atomic E-state index is -1.05. The summed E-state index contributed by atoms with van der Waals surface area (Å²) >= 11 is 6.32. The van der Waals surface area contributed by atoms with Crippen molar-refractivity contribution in [3.8, 4) is 5.75 Å². The Hall–Kier alpha value is -4.17. The van der Waals surface area contributed by atoms with Crippen molar-refractivity contribution < 1.29 is 23.9 Å². The zero-order valence-electron chi connectivity index (χ0n) is 19.5. The number of nitrogens with one attached hydrogen (secondary N) is 1. The second-order valence-corrected chi connectivity index (χ2v) is 9.06. The molecule has 0 aliphatic carbocycles. The van der Waals surface area contributed by atoms with Crippen molar-refractivity contribution in [1.29, 1.82) is 0 Å². The SMILES string of the molecule is CC1Oc2ccc(NC(=O)C(C)N3C(=O)c4ccccc4C3=O)cc2N(Cc2ccccc2Cl)C1=O. The van der Waals surface area contributed by atoms with Gasteiger partial charge in [-0.05, 0) is 55.8 Å². The zero-order valence-corrected chi connectivity index (χ0v) is 20.3. The number of imide groups is 1. The van der Waals surface area contributed by atoms with E-state index in [1.807, 2.05) is 18.2 Å². The van der Waals surface area contributed by atoms with Gasteiger partial charge in [0.25, 0.3) is 17.7 Å². The molecule has 182 valence electrons. The number of anilines is 2. The molecule has 8 nitrogen and oxygen atoms in total. The van der Waals surface area contributed by atoms with Crippen molar-refractivity contribution in [2.75, 3.05) is 10.2 Å². The Morgan fingerprint density at radius 3 is 2.31 bits per heavy atom. The fourth-order valence-electron chi connectivity index (χ4n) is 4.37. The van der Waals surface area contributed by atoms with Gasteiger partial charge in [0.05, 0.1) is 23.4 Å². The third-order valence-corrected chi connectivity index (χ3v) is 6.68. The van der Waals surface area contributed by atoms with E-state index in [1.54, 1.807) is 60.4 Å². The van der Waals surface area contributed by atoms with Crippen molar-refractivity contribution >= 4 is 46.6 Å². The number of ether oxygens (including phenoxy) is 1. The Kier molecular flexibility index (Phi) is 5.97. The van der Waals surface area contributed by atoms with Gasteiger partial charge in [0.15, 0.2) is 6.10 Å². The molecule has 2 heterocycles. The number of fused-ring (bicyclic) bond motifs is 2. The van der Waals surface area contributed by atoms with Gasteiger partial charge < -0.3 is 15.0 Å². The molecular weight excluding hydrogens is 482 g/mol. The molecule has 0 fully saturated rings. The third kappa shape index (κ3) is 3.99. The lowest BCUT2D eigenvalue weighted by atomic mass is 10.1. The number of hydrogen-bond acceptors (Lipinski definition) is 5. The van der Waals surface area contributed by atoms with Gasteiger partial charge in [-0.15, -0.1) is 0 Å². The molecule has 2 unspecified atom stereocenters. The van der Waals surface area contributed by atoms with Crippen molar-refractivity contribution in [2.24, 2.45) is 0 Å². The van der Waals surface area contributed by atoms with E-state index < -0.39 is 29.9 Å². The molecule has 5 rings (SSSR count). The molecule has 36 heavy (non-hydrogen) atoms. The van der Waals surface area contributed by atoms with Crippen molar-refractivity contribution in [3.05, 3.63) is 88.4 Å². The van der Waals surface area contributed by atoms with Gasteiger partial charge in [-0.25, -0.2) is 0 Å². The lowest BCUT2D eigenvalue weighted by Gasteiger charge is -2.33. The number of nitrogens with zero attached hydrogens (tertiary/aromatic N) is 2. The Balaban J connectivity index is 1.39. The van der Waals surface area contributed by atoms with Crippen LogP contribution in [0.25, 0.3) is 0 Å². The van der Waals surface area contributed by atoms with Crippen LogP contribution in [-0.4, -0.2) is 40.7 Å². The van der Waals surface area contributed by atoms with Crippen LogP contribution in [-0.2, 0) is 16.1 Å². The smallest absolute Gasteiger partial charge is 0.268 e. The maximum absolute atomic E-state index is 13.1. The predicted octanol–water partition coefficient (Wildman–Crippen LogP) is 4.28. The molecule has 3 aromatic rings. The van der Waals surface area contributed by atoms with Crippen LogP contribution in [0, 0.1) is 0 Å². The van der Waals surface area contributed by atoms with Crippen molar-refractivity contribution in [1.82, 2.24) is 4.90 Å². The molecule has 3 aromatic carbocycles. The number of hydrogen-bond donors (Lipinski definition) is 1. The minimum absolute atomic E-state index is 0.224. The van der Waals surface area contributed by atoms with Gasteiger partial charge in [-0.2, -0.15) is 0 Å². The minimum Gasteiger partial charge on any atom is -0.479 e. The monoisotopic (exact) mass is 503 g/mol. The zero-order chi connectivity index (χ0) is 25.6. The average Bonchev–Trinajstić information content (AvgIpc) is 3.13. The first-order chi connectivity index (χ1) is 17.3. The molecule has 2 aliphatic heterocycles. The number of benzene rings is 3. The average molecular weight is 504 g/mol. The van der Waals surface area contributed by atoms with Gasteiger partial charge in [-0.3, -0.25) is 24.1 Å². The van der Waals surface area contributed by atoms with Crippen LogP contribution in [0.15, 0.2) is 66.7 Å². The molecule has 0 spiro atoms. The fraction of sp³-hybridized carbons (Fsp3) is 0.185. The van der Waals surface area contributed by atoms with E-state index in [2.05, 4.69) is 5.32 Å². The van der Waals surface area contributed by atoms with Crippen LogP contribution in [0.3, 0.4) is 0 Å². The first-order valence-corrected chi connectivity index (χ1v) is 11.8. The molecule has 0 bridgehead atoms. The van der Waals surface area contributed by atoms with E-state index in [-0.39, 0.29) is 23.6 Å². The van der Waals surface area contributed by atoms with Gasteiger partial charge >= 0.3 is 0 Å². The third-order valence-electron chi connectivity index (χ3n) is 6.31. The summed E-state index contributed by atoms with van der Waals surface area (Å²) in [4.78, 5) is 54.1. The predicted molar refractivity (Wildman–Crippen MR) is 134 cm³/mol. The van der Waals surface area contributed by atoms with E-state index in [0.29, 0.717) is 22.1 Å². The summed E-state index contributed by atoms with van der Waals surface area (Å²) in [6, 6.07) is 17.6. The highest BCUT2D eigenvalue weighted by Gasteiger charge is 2.40. The van der Waals surface area contributed by atoms with E-state index in [4.69, 9.17) is 16.3 Å². The first kappa shape index (κ1) is 23.6. The van der Waals surface area contributed by atoms with Crippen molar-refractivity contribution in [2.45, 2.75) is 32.5 Å². The maximum atomic E-state index is 13.1. The van der Waals surface area contributed by atoms with Gasteiger partial charge in [0.2, 0.25) is 5.91 Å². The Morgan fingerprint density at radius 1 is 1.00 bits per heavy atom. The lowest BCUT2D eigenvalue weighted by Crippen LogP contribution is -2.45. The Labute approximate surface area is 212 Å². The maximum Gasteiger partial charge on any atom is 0.268 e. The summed E-state index contributed by atoms with van der Waals surface area (Å²) in [5.74, 6) is -1.32. The molecule has 9 heteroatoms. The number of halogens is 1. The molecule has 0 saturated carbocycles. The molecule has 4 amide bonds. The highest BCUT2D eigenvalue weighted by atomic mass is 35.5. The van der Waals surface area contributed by atoms with E-state index in [1.165, 1.54) is 6.92 Å². The van der Waals surface area contributed by atoms with Crippen LogP contribution in [0.1, 0.15) is 40.1 Å². The summed E-state index contributed by atoms with van der Waals surface area (Å²) in [6.07, 6.45) is -0.686. The number of rotatable bonds is 5. The molecule has 0 saturated heterocycles. The number of carbonyl (C=O) groups excluding carboxylic acids is 4. The summed E-state index contributed by atoms with van der Waals surface area (Å²) in [5, 5.41) is 3.29. The lowest BCUT2D eigenvalue weighted by molar-refractivity contribution is -0.125. The second kappa shape index (κ2) is 9.13. The molecule has 2 aliphatic rings. The highest BCUT2D eigenvalue weighted by Crippen LogP contribution is 2.38. The first-order valence-electron chi connectivity index (χ1n) is 11.4. The summed E-state index contributed by atoms with van der Waals surface area (Å²) in [6.45, 7) is 3.39. The normalized spacial score (nSPS) is 17.4. The standard InChI is InChI=1S/C27H22ClN3O5/c1-15(31-26(34)19-8-4-5-9-20(19)27(31)35)24(32)29-18-11-12-23-22(13-18)30(25(33)16(2)36-23)14-17-7-3-6-10-21(17)28/h3-13,15-16H,14H2,1-2H3,(H,29,32). The summed E-state index contributed by atoms with van der Waals surface area (Å²) in [7, 11) is 0. The van der Waals surface area contributed by atoms with Gasteiger partial charge in [0, 0.05) is 10.7 Å². The van der Waals surface area contributed by atoms with Crippen LogP contribution in [0.4, 0.5) is 11.4 Å². The van der Waals surface area contributed by atoms with Crippen LogP contribution in [0.5, 0.6) is 5.75 Å². The second-order valence-electron chi connectivity index (χ2n) is 8.65. The molecular formula is C27H22ClN3O5. The van der Waals surface area contributed by atoms with E-state index >= 15 is 0 Å². The Bertz CT molecular complexity index is 1390. The van der Waals surface area contributed by atoms with Crippen LogP contribution in [0.2, 0.25) is 5.02 Å². The highest BCUT2D eigenvalue weighted by molar-refractivity contribution is 6.31. The van der Waals surface area contributed by atoms with Crippen LogP contribution < -0.4 is 15.0 Å². The van der Waals surface area contributed by atoms with Gasteiger partial charge in [-0.1, -0.05) is 41.9 Å². The molecule has 0 radical (unpaired) electrons. The fourth-order valence-corrected chi connectivity index (χ4v) is 4.56. The molecule has 2 atom stereocenters. The topological polar surface area (TPSA) is 96.0 Å². The summed E-state index contributed by atoms with van der Waals surface area (Å²) < 4.78 is 5.76. The number of carbonyl (C=O) groups is 4. The van der Waals surface area contributed by atoms with Gasteiger partial charge in [0.1, 0.15) is 11.8 Å². The number of amides is 4. The largest absolute Gasteiger partial charge is 0.479 e. The van der Waals surface area contributed by atoms with E-state index in [0.717, 1.165) is 10.5 Å². The Morgan fingerprint density at radius 2 is 1.64 bits per heavy atom. The van der Waals surface area contributed by atoms with Crippen molar-refractivity contribution in [3.63, 3.8) is 0 Å². The van der Waals surface area contributed by atoms with E-state index in [9.17, 15) is 19.2 Å². The molecule has 0 aromatic heterocycles. The quantitative estimate of drug-likeness (QED) is 0.524. The van der Waals surface area contributed by atoms with Crippen LogP contribution >= 0.6 is 11.6 Å². The summed E-state index contributed by atoms with van der Waals surface area (Å²) in [5.41, 5.74) is 2.18.